The quantitative estimate of drug-likeness (QED) is 0.668. The van der Waals surface area contributed by atoms with Gasteiger partial charge >= 0.3 is 6.09 Å². The lowest BCUT2D eigenvalue weighted by atomic mass is 9.65. The smallest absolute Gasteiger partial charge is 0.417 e. The van der Waals surface area contributed by atoms with E-state index in [0.717, 1.165) is 31.5 Å². The third-order valence-electron chi connectivity index (χ3n) is 6.82. The van der Waals surface area contributed by atoms with Crippen molar-refractivity contribution in [3.63, 3.8) is 0 Å². The summed E-state index contributed by atoms with van der Waals surface area (Å²) >= 11 is 6.19. The number of hydrogen-bond acceptors (Lipinski definition) is 5. The third-order valence-corrected chi connectivity index (χ3v) is 7.05. The van der Waals surface area contributed by atoms with Crippen LogP contribution in [-0.4, -0.2) is 52.3 Å². The predicted octanol–water partition coefficient (Wildman–Crippen LogP) is 4.81. The maximum Gasteiger partial charge on any atom is 0.417 e. The fourth-order valence-corrected chi connectivity index (χ4v) is 4.98. The molecule has 1 aliphatic heterocycles. The molecule has 6 nitrogen and oxygen atoms in total. The maximum atomic E-state index is 13.3. The Morgan fingerprint density at radius 1 is 1.19 bits per heavy atom. The molecule has 1 aliphatic carbocycles. The lowest BCUT2D eigenvalue weighted by Crippen LogP contribution is -2.53. The first kappa shape index (κ1) is 25.0. The second-order valence-corrected chi connectivity index (χ2v) is 11.1. The molecule has 1 aromatic carbocycles. The predicted molar refractivity (Wildman–Crippen MR) is 126 cm³/mol. The van der Waals surface area contributed by atoms with Crippen LogP contribution in [0.15, 0.2) is 24.3 Å². The summed E-state index contributed by atoms with van der Waals surface area (Å²) in [5.74, 6) is -0.347. The number of hydrogen-bond donors (Lipinski definition) is 2. The van der Waals surface area contributed by atoms with Crippen LogP contribution in [0.2, 0.25) is 5.02 Å². The van der Waals surface area contributed by atoms with Gasteiger partial charge in [-0.2, -0.15) is 0 Å². The summed E-state index contributed by atoms with van der Waals surface area (Å²) < 4.78 is 5.55. The molecule has 2 N–H and O–H groups in total. The molecule has 178 valence electrons. The number of piperidine rings is 1. The van der Waals surface area contributed by atoms with Crippen molar-refractivity contribution in [2.24, 2.45) is 0 Å². The Hall–Kier alpha value is -1.63. The molecule has 2 fully saturated rings. The summed E-state index contributed by atoms with van der Waals surface area (Å²) in [6.07, 6.45) is 3.19. The van der Waals surface area contributed by atoms with E-state index in [1.807, 2.05) is 18.2 Å². The highest BCUT2D eigenvalue weighted by molar-refractivity contribution is 6.30. The highest BCUT2D eigenvalue weighted by Gasteiger charge is 2.44. The van der Waals surface area contributed by atoms with Gasteiger partial charge in [-0.15, -0.1) is 0 Å². The zero-order valence-electron chi connectivity index (χ0n) is 19.7. The Bertz CT molecular complexity index is 821. The van der Waals surface area contributed by atoms with Gasteiger partial charge in [-0.05, 0) is 95.5 Å². The minimum atomic E-state index is -1.12. The summed E-state index contributed by atoms with van der Waals surface area (Å²) in [5, 5.41) is 15.3. The van der Waals surface area contributed by atoms with E-state index < -0.39 is 17.3 Å². The summed E-state index contributed by atoms with van der Waals surface area (Å²) in [6, 6.07) is 7.66. The number of ether oxygens (including phenoxy) is 1. The van der Waals surface area contributed by atoms with Gasteiger partial charge in [-0.1, -0.05) is 30.7 Å². The maximum absolute atomic E-state index is 13.3. The molecule has 2 amide bonds. The van der Waals surface area contributed by atoms with Crippen molar-refractivity contribution in [2.75, 3.05) is 13.1 Å². The first-order chi connectivity index (χ1) is 14.9. The molecule has 32 heavy (non-hydrogen) atoms. The number of amides is 2. The standard InChI is InChI=1S/C25H37ClN2O4/c1-23(2,3)32-22(30)28(20-8-14-27-15-9-20)21(29)17-25(31)12-10-24(4,11-13-25)18-6-5-7-19(26)16-18/h5-7,16,20,27,31H,8-15,17H2,1-4H3. The highest BCUT2D eigenvalue weighted by atomic mass is 35.5. The van der Waals surface area contributed by atoms with E-state index in [-0.39, 0.29) is 23.8 Å². The second kappa shape index (κ2) is 9.70. The first-order valence-corrected chi connectivity index (χ1v) is 12.0. The molecule has 3 rings (SSSR count). The Labute approximate surface area is 196 Å². The second-order valence-electron chi connectivity index (χ2n) is 10.7. The molecule has 0 bridgehead atoms. The van der Waals surface area contributed by atoms with Gasteiger partial charge in [0.1, 0.15) is 5.60 Å². The van der Waals surface area contributed by atoms with Crippen LogP contribution in [0.3, 0.4) is 0 Å². The Morgan fingerprint density at radius 2 is 1.81 bits per heavy atom. The molecule has 1 aromatic rings. The van der Waals surface area contributed by atoms with Gasteiger partial charge in [-0.25, -0.2) is 9.69 Å². The molecule has 1 saturated heterocycles. The average Bonchev–Trinajstić information content (AvgIpc) is 2.70. The average molecular weight is 465 g/mol. The normalized spacial score (nSPS) is 27.1. The molecule has 0 radical (unpaired) electrons. The Kier molecular flexibility index (Phi) is 7.58. The number of imide groups is 1. The van der Waals surface area contributed by atoms with Crippen molar-refractivity contribution in [3.05, 3.63) is 34.9 Å². The van der Waals surface area contributed by atoms with Crippen LogP contribution in [0.4, 0.5) is 4.79 Å². The third kappa shape index (κ3) is 6.24. The SMILES string of the molecule is CC(C)(C)OC(=O)N(C(=O)CC1(O)CCC(C)(c2cccc(Cl)c2)CC1)C1CCNCC1. The molecular weight excluding hydrogens is 428 g/mol. The van der Waals surface area contributed by atoms with Crippen molar-refractivity contribution in [1.82, 2.24) is 10.2 Å². The number of rotatable bonds is 4. The zero-order chi connectivity index (χ0) is 23.6. The topological polar surface area (TPSA) is 78.9 Å². The molecular formula is C25H37ClN2O4. The van der Waals surface area contributed by atoms with Gasteiger partial charge in [0.2, 0.25) is 5.91 Å². The number of benzene rings is 1. The number of aliphatic hydroxyl groups is 1. The zero-order valence-corrected chi connectivity index (χ0v) is 20.5. The van der Waals surface area contributed by atoms with Crippen LogP contribution in [0.25, 0.3) is 0 Å². The lowest BCUT2D eigenvalue weighted by molar-refractivity contribution is -0.140. The van der Waals surface area contributed by atoms with E-state index in [1.165, 1.54) is 4.90 Å². The largest absolute Gasteiger partial charge is 0.443 e. The van der Waals surface area contributed by atoms with Gasteiger partial charge in [0.15, 0.2) is 0 Å². The van der Waals surface area contributed by atoms with Crippen LogP contribution in [0.1, 0.15) is 78.2 Å². The van der Waals surface area contributed by atoms with Crippen LogP contribution >= 0.6 is 11.6 Å². The van der Waals surface area contributed by atoms with Crippen molar-refractivity contribution < 1.29 is 19.4 Å². The fourth-order valence-electron chi connectivity index (χ4n) is 4.79. The van der Waals surface area contributed by atoms with Crippen molar-refractivity contribution in [3.8, 4) is 0 Å². The molecule has 7 heteroatoms. The van der Waals surface area contributed by atoms with Gasteiger partial charge < -0.3 is 15.2 Å². The molecule has 2 aliphatic rings. The van der Waals surface area contributed by atoms with Crippen LogP contribution < -0.4 is 5.32 Å². The van der Waals surface area contributed by atoms with Crippen LogP contribution in [0.5, 0.6) is 0 Å². The number of nitrogens with zero attached hydrogens (tertiary/aromatic N) is 1. The van der Waals surface area contributed by atoms with Gasteiger partial charge in [0.05, 0.1) is 12.0 Å². The molecule has 0 spiro atoms. The van der Waals surface area contributed by atoms with Crippen LogP contribution in [-0.2, 0) is 14.9 Å². The van der Waals surface area contributed by atoms with E-state index in [1.54, 1.807) is 20.8 Å². The number of carbonyl (C=O) groups excluding carboxylic acids is 2. The highest BCUT2D eigenvalue weighted by Crippen LogP contribution is 2.44. The summed E-state index contributed by atoms with van der Waals surface area (Å²) in [5.41, 5.74) is -0.755. The van der Waals surface area contributed by atoms with E-state index >= 15 is 0 Å². The van der Waals surface area contributed by atoms with Crippen molar-refractivity contribution in [2.45, 2.75) is 95.3 Å². The minimum Gasteiger partial charge on any atom is -0.443 e. The van der Waals surface area contributed by atoms with Crippen LogP contribution in [0, 0.1) is 0 Å². The summed E-state index contributed by atoms with van der Waals surface area (Å²) in [7, 11) is 0. The van der Waals surface area contributed by atoms with E-state index in [9.17, 15) is 14.7 Å². The number of carbonyl (C=O) groups is 2. The van der Waals surface area contributed by atoms with E-state index in [2.05, 4.69) is 18.3 Å². The lowest BCUT2D eigenvalue weighted by Gasteiger charge is -2.43. The fraction of sp³-hybridized carbons (Fsp3) is 0.680. The van der Waals surface area contributed by atoms with Crippen molar-refractivity contribution >= 4 is 23.6 Å². The molecule has 1 saturated carbocycles. The minimum absolute atomic E-state index is 0.0677. The van der Waals surface area contributed by atoms with Gasteiger partial charge in [-0.3, -0.25) is 4.79 Å². The number of halogens is 1. The first-order valence-electron chi connectivity index (χ1n) is 11.7. The molecule has 0 unspecified atom stereocenters. The molecule has 0 atom stereocenters. The molecule has 0 aromatic heterocycles. The number of nitrogens with one attached hydrogen (secondary N) is 1. The van der Waals surface area contributed by atoms with E-state index in [0.29, 0.717) is 30.7 Å². The van der Waals surface area contributed by atoms with Gasteiger partial charge in [0, 0.05) is 11.1 Å². The summed E-state index contributed by atoms with van der Waals surface area (Å²) in [6.45, 7) is 9.06. The monoisotopic (exact) mass is 464 g/mol. The molecule has 1 heterocycles. The van der Waals surface area contributed by atoms with Crippen molar-refractivity contribution in [1.29, 1.82) is 0 Å². The summed E-state index contributed by atoms with van der Waals surface area (Å²) in [4.78, 5) is 27.6. The Morgan fingerprint density at radius 3 is 2.38 bits per heavy atom. The van der Waals surface area contributed by atoms with E-state index in [4.69, 9.17) is 16.3 Å². The van der Waals surface area contributed by atoms with Gasteiger partial charge in [0.25, 0.3) is 0 Å². The Balaban J connectivity index is 1.70.